The second kappa shape index (κ2) is 9.76. The summed E-state index contributed by atoms with van der Waals surface area (Å²) < 4.78 is 33.1. The van der Waals surface area contributed by atoms with E-state index in [0.29, 0.717) is 23.0 Å². The molecular weight excluding hydrogens is 482 g/mol. The van der Waals surface area contributed by atoms with E-state index in [0.717, 1.165) is 45.0 Å². The van der Waals surface area contributed by atoms with Crippen molar-refractivity contribution in [2.45, 2.75) is 4.90 Å². The third-order valence-corrected chi connectivity index (χ3v) is 7.79. The monoisotopic (exact) mass is 511 g/mol. The molecular formula is C23H29N9O3S. The van der Waals surface area contributed by atoms with E-state index in [2.05, 4.69) is 29.6 Å². The predicted molar refractivity (Wildman–Crippen MR) is 138 cm³/mol. The van der Waals surface area contributed by atoms with E-state index in [4.69, 9.17) is 10.2 Å². The molecule has 4 aromatic rings. The molecule has 0 radical (unpaired) electrons. The minimum absolute atomic E-state index is 0.266. The van der Waals surface area contributed by atoms with Crippen LogP contribution in [0.2, 0.25) is 0 Å². The molecule has 0 bridgehead atoms. The maximum Gasteiger partial charge on any atom is 0.240 e. The van der Waals surface area contributed by atoms with Crippen LogP contribution in [0, 0.1) is 0 Å². The number of piperazine rings is 1. The van der Waals surface area contributed by atoms with E-state index in [-0.39, 0.29) is 10.8 Å². The molecule has 0 amide bonds. The number of benzene rings is 1. The lowest BCUT2D eigenvalue weighted by Gasteiger charge is -2.36. The molecule has 0 aliphatic carbocycles. The number of likely N-dealkylation sites (N-methyl/N-ethyl adjacent to an activating group) is 1. The standard InChI is InChI=1S/C23H29N9O3S/c1-25-36(33,34)18-7-5-17(6-8-18)31-13-11-30(12-14-31)10-9-29(2)23-26-21-16-19(20-4-3-15-35-20)28-32(21)22(24)27-23/h3-8,15-16,25H,9-14H2,1-2H3,(H2,24,26,27). The number of nitrogens with zero attached hydrogens (tertiary/aromatic N) is 7. The lowest BCUT2D eigenvalue weighted by molar-refractivity contribution is 0.263. The first kappa shape index (κ1) is 24.0. The Morgan fingerprint density at radius 1 is 1.11 bits per heavy atom. The van der Waals surface area contributed by atoms with Gasteiger partial charge in [-0.05, 0) is 43.4 Å². The summed E-state index contributed by atoms with van der Waals surface area (Å²) in [6.45, 7) is 5.13. The number of nitrogens with one attached hydrogen (secondary N) is 1. The zero-order chi connectivity index (χ0) is 25.3. The second-order valence-electron chi connectivity index (χ2n) is 8.61. The van der Waals surface area contributed by atoms with E-state index < -0.39 is 10.0 Å². The van der Waals surface area contributed by atoms with Crippen LogP contribution in [0.3, 0.4) is 0 Å². The van der Waals surface area contributed by atoms with Crippen LogP contribution in [0.1, 0.15) is 0 Å². The van der Waals surface area contributed by atoms with Gasteiger partial charge in [-0.3, -0.25) is 4.90 Å². The van der Waals surface area contributed by atoms with Crippen LogP contribution in [0.5, 0.6) is 0 Å². The van der Waals surface area contributed by atoms with Crippen molar-refractivity contribution < 1.29 is 12.8 Å². The molecule has 1 aliphatic heterocycles. The number of sulfonamides is 1. The molecule has 0 unspecified atom stereocenters. The third kappa shape index (κ3) is 4.85. The molecule has 5 rings (SSSR count). The van der Waals surface area contributed by atoms with Crippen LogP contribution in [0.15, 0.2) is 58.0 Å². The van der Waals surface area contributed by atoms with Crippen molar-refractivity contribution in [1.82, 2.24) is 29.2 Å². The Balaban J connectivity index is 1.17. The summed E-state index contributed by atoms with van der Waals surface area (Å²) in [5, 5.41) is 4.44. The van der Waals surface area contributed by atoms with Crippen LogP contribution >= 0.6 is 0 Å². The molecule has 1 fully saturated rings. The molecule has 12 nitrogen and oxygen atoms in total. The normalized spacial score (nSPS) is 15.0. The maximum atomic E-state index is 11.9. The molecule has 13 heteroatoms. The van der Waals surface area contributed by atoms with Crippen molar-refractivity contribution in [3.63, 3.8) is 0 Å². The zero-order valence-electron chi connectivity index (χ0n) is 20.2. The summed E-state index contributed by atoms with van der Waals surface area (Å²) in [4.78, 5) is 16.0. The number of nitrogen functional groups attached to an aromatic ring is 1. The Kier molecular flexibility index (Phi) is 6.51. The topological polar surface area (TPSA) is 138 Å². The van der Waals surface area contributed by atoms with Crippen molar-refractivity contribution in [3.05, 3.63) is 48.7 Å². The fourth-order valence-corrected chi connectivity index (χ4v) is 4.92. The Morgan fingerprint density at radius 3 is 2.53 bits per heavy atom. The Bertz CT molecular complexity index is 1430. The molecule has 36 heavy (non-hydrogen) atoms. The van der Waals surface area contributed by atoms with Crippen molar-refractivity contribution in [2.75, 3.05) is 68.9 Å². The highest BCUT2D eigenvalue weighted by Crippen LogP contribution is 2.22. The van der Waals surface area contributed by atoms with Gasteiger partial charge in [-0.1, -0.05) is 0 Å². The maximum absolute atomic E-state index is 11.9. The average Bonchev–Trinajstić information content (AvgIpc) is 3.58. The molecule has 3 aromatic heterocycles. The van der Waals surface area contributed by atoms with Crippen molar-refractivity contribution in [3.8, 4) is 11.5 Å². The van der Waals surface area contributed by atoms with Crippen LogP contribution < -0.4 is 20.3 Å². The first-order valence-corrected chi connectivity index (χ1v) is 13.1. The van der Waals surface area contributed by atoms with Crippen LogP contribution in [-0.4, -0.2) is 86.3 Å². The number of aromatic nitrogens is 4. The summed E-state index contributed by atoms with van der Waals surface area (Å²) in [5.41, 5.74) is 8.43. The lowest BCUT2D eigenvalue weighted by Crippen LogP contribution is -2.48. The molecule has 0 atom stereocenters. The first-order chi connectivity index (χ1) is 17.3. The van der Waals surface area contributed by atoms with Gasteiger partial charge in [0.2, 0.25) is 21.9 Å². The number of fused-ring (bicyclic) bond motifs is 1. The molecule has 1 aliphatic rings. The van der Waals surface area contributed by atoms with E-state index >= 15 is 0 Å². The van der Waals surface area contributed by atoms with Gasteiger partial charge in [-0.15, -0.1) is 0 Å². The van der Waals surface area contributed by atoms with E-state index in [1.165, 1.54) is 11.6 Å². The SMILES string of the molecule is CNS(=O)(=O)c1ccc(N2CCN(CCN(C)c3nc(N)n4nc(-c5ccco5)cc4n3)CC2)cc1. The Hall–Kier alpha value is -3.68. The Labute approximate surface area is 209 Å². The highest BCUT2D eigenvalue weighted by Gasteiger charge is 2.20. The summed E-state index contributed by atoms with van der Waals surface area (Å²) in [6, 6.07) is 12.5. The second-order valence-corrected chi connectivity index (χ2v) is 10.5. The molecule has 3 N–H and O–H groups in total. The van der Waals surface area contributed by atoms with Gasteiger partial charge in [-0.25, -0.2) is 13.1 Å². The highest BCUT2D eigenvalue weighted by molar-refractivity contribution is 7.89. The third-order valence-electron chi connectivity index (χ3n) is 6.36. The number of furan rings is 1. The Morgan fingerprint density at radius 2 is 1.86 bits per heavy atom. The zero-order valence-corrected chi connectivity index (χ0v) is 21.0. The average molecular weight is 512 g/mol. The van der Waals surface area contributed by atoms with E-state index in [1.807, 2.05) is 36.2 Å². The minimum atomic E-state index is -3.43. The quantitative estimate of drug-likeness (QED) is 0.354. The lowest BCUT2D eigenvalue weighted by atomic mass is 10.2. The number of nitrogens with two attached hydrogens (primary N) is 1. The fourth-order valence-electron chi connectivity index (χ4n) is 4.19. The smallest absolute Gasteiger partial charge is 0.240 e. The minimum Gasteiger partial charge on any atom is -0.463 e. The summed E-state index contributed by atoms with van der Waals surface area (Å²) in [5.74, 6) is 1.45. The van der Waals surface area contributed by atoms with Crippen LogP contribution in [0.4, 0.5) is 17.6 Å². The number of hydrogen-bond acceptors (Lipinski definition) is 10. The van der Waals surface area contributed by atoms with E-state index in [9.17, 15) is 8.42 Å². The molecule has 0 spiro atoms. The van der Waals surface area contributed by atoms with Gasteiger partial charge in [0.25, 0.3) is 0 Å². The van der Waals surface area contributed by atoms with Gasteiger partial charge in [0.05, 0.1) is 11.2 Å². The van der Waals surface area contributed by atoms with Crippen molar-refractivity contribution in [2.24, 2.45) is 0 Å². The fraction of sp³-hybridized carbons (Fsp3) is 0.348. The largest absolute Gasteiger partial charge is 0.463 e. The summed E-state index contributed by atoms with van der Waals surface area (Å²) in [7, 11) is -0.0629. The molecule has 0 saturated carbocycles. The molecule has 1 aromatic carbocycles. The van der Waals surface area contributed by atoms with Gasteiger partial charge < -0.3 is 20.0 Å². The van der Waals surface area contributed by atoms with Crippen molar-refractivity contribution in [1.29, 1.82) is 0 Å². The number of hydrogen-bond donors (Lipinski definition) is 2. The van der Waals surface area contributed by atoms with E-state index in [1.54, 1.807) is 24.5 Å². The number of anilines is 3. The first-order valence-electron chi connectivity index (χ1n) is 11.6. The molecule has 1 saturated heterocycles. The summed E-state index contributed by atoms with van der Waals surface area (Å²) >= 11 is 0. The summed E-state index contributed by atoms with van der Waals surface area (Å²) in [6.07, 6.45) is 1.60. The van der Waals surface area contributed by atoms with Crippen LogP contribution in [-0.2, 0) is 10.0 Å². The molecule has 4 heterocycles. The number of rotatable bonds is 8. The van der Waals surface area contributed by atoms with Gasteiger partial charge in [-0.2, -0.15) is 19.6 Å². The van der Waals surface area contributed by atoms with Crippen molar-refractivity contribution >= 4 is 33.3 Å². The molecule has 190 valence electrons. The van der Waals surface area contributed by atoms with Gasteiger partial charge in [0.15, 0.2) is 11.4 Å². The predicted octanol–water partition coefficient (Wildman–Crippen LogP) is 1.13. The highest BCUT2D eigenvalue weighted by atomic mass is 32.2. The van der Waals surface area contributed by atoms with Gasteiger partial charge in [0, 0.05) is 58.1 Å². The van der Waals surface area contributed by atoms with Crippen LogP contribution in [0.25, 0.3) is 17.1 Å². The van der Waals surface area contributed by atoms with Gasteiger partial charge >= 0.3 is 0 Å². The van der Waals surface area contributed by atoms with Gasteiger partial charge in [0.1, 0.15) is 5.69 Å².